The van der Waals surface area contributed by atoms with Gasteiger partial charge in [-0.3, -0.25) is 9.89 Å². The molecule has 1 aliphatic rings. The number of aliphatic imine (C=N–C) groups is 1. The van der Waals surface area contributed by atoms with Crippen molar-refractivity contribution in [1.29, 1.82) is 0 Å². The molecule has 7 nitrogen and oxygen atoms in total. The molecule has 0 amide bonds. The van der Waals surface area contributed by atoms with Crippen molar-refractivity contribution in [2.24, 2.45) is 4.99 Å². The molecule has 1 N–H and O–H groups in total. The lowest BCUT2D eigenvalue weighted by molar-refractivity contribution is 0.169. The molecule has 0 unspecified atom stereocenters. The highest BCUT2D eigenvalue weighted by Gasteiger charge is 2.20. The van der Waals surface area contributed by atoms with Gasteiger partial charge in [0.05, 0.1) is 12.2 Å². The minimum absolute atomic E-state index is 0. The van der Waals surface area contributed by atoms with E-state index in [0.29, 0.717) is 0 Å². The van der Waals surface area contributed by atoms with E-state index in [2.05, 4.69) is 63.4 Å². The quantitative estimate of drug-likeness (QED) is 0.360. The number of nitrogens with zero attached hydrogens (tertiary/aromatic N) is 5. The molecule has 0 saturated carbocycles. The molecule has 8 heteroatoms. The van der Waals surface area contributed by atoms with Crippen LogP contribution in [0.2, 0.25) is 0 Å². The Morgan fingerprint density at radius 1 is 1.18 bits per heavy atom. The van der Waals surface area contributed by atoms with Gasteiger partial charge in [-0.25, -0.2) is 0 Å². The van der Waals surface area contributed by atoms with Gasteiger partial charge in [-0.2, -0.15) is 0 Å². The molecule has 2 heterocycles. The summed E-state index contributed by atoms with van der Waals surface area (Å²) in [6.07, 6.45) is 1.63. The maximum Gasteiger partial charge on any atom is 0.194 e. The Bertz CT molecular complexity index is 686. The van der Waals surface area contributed by atoms with Gasteiger partial charge in [-0.05, 0) is 19.1 Å². The van der Waals surface area contributed by atoms with Crippen molar-refractivity contribution in [2.75, 3.05) is 57.8 Å². The van der Waals surface area contributed by atoms with Crippen LogP contribution in [-0.2, 0) is 6.54 Å². The van der Waals surface area contributed by atoms with E-state index in [0.717, 1.165) is 64.0 Å². The number of nitrogens with one attached hydrogen (secondary N) is 1. The van der Waals surface area contributed by atoms with Crippen LogP contribution in [0.4, 0.5) is 5.69 Å². The number of piperazine rings is 1. The molecule has 0 aliphatic carbocycles. The van der Waals surface area contributed by atoms with Crippen molar-refractivity contribution < 1.29 is 4.52 Å². The molecule has 1 aliphatic heterocycles. The summed E-state index contributed by atoms with van der Waals surface area (Å²) in [5.74, 6) is 1.01. The number of guanidine groups is 1. The number of para-hydroxylation sites is 1. The summed E-state index contributed by atoms with van der Waals surface area (Å²) in [7, 11) is 2.11. The third-order valence-electron chi connectivity index (χ3n) is 4.78. The third-order valence-corrected chi connectivity index (χ3v) is 4.78. The van der Waals surface area contributed by atoms with Crippen LogP contribution in [0.1, 0.15) is 12.6 Å². The molecule has 0 radical (unpaired) electrons. The summed E-state index contributed by atoms with van der Waals surface area (Å²) in [6, 6.07) is 12.4. The molecular formula is C20H31IN6O. The van der Waals surface area contributed by atoms with Gasteiger partial charge in [0, 0.05) is 64.6 Å². The van der Waals surface area contributed by atoms with Gasteiger partial charge in [0.25, 0.3) is 0 Å². The second kappa shape index (κ2) is 11.9. The maximum absolute atomic E-state index is 4.92. The van der Waals surface area contributed by atoms with Gasteiger partial charge < -0.3 is 19.6 Å². The smallest absolute Gasteiger partial charge is 0.194 e. The van der Waals surface area contributed by atoms with Crippen molar-refractivity contribution in [3.8, 4) is 0 Å². The first-order valence-corrected chi connectivity index (χ1v) is 9.67. The van der Waals surface area contributed by atoms with E-state index < -0.39 is 0 Å². The van der Waals surface area contributed by atoms with Gasteiger partial charge in [0.1, 0.15) is 6.26 Å². The second-order valence-electron chi connectivity index (χ2n) is 6.75. The fourth-order valence-corrected chi connectivity index (χ4v) is 3.21. The average molecular weight is 498 g/mol. The predicted molar refractivity (Wildman–Crippen MR) is 124 cm³/mol. The lowest BCUT2D eigenvalue weighted by atomic mass is 10.3. The predicted octanol–water partition coefficient (Wildman–Crippen LogP) is 2.51. The van der Waals surface area contributed by atoms with Crippen molar-refractivity contribution in [2.45, 2.75) is 13.5 Å². The van der Waals surface area contributed by atoms with Crippen LogP contribution in [0.3, 0.4) is 0 Å². The number of anilines is 1. The zero-order valence-electron chi connectivity index (χ0n) is 16.8. The first-order valence-electron chi connectivity index (χ1n) is 9.67. The molecule has 1 aromatic carbocycles. The topological polar surface area (TPSA) is 60.1 Å². The van der Waals surface area contributed by atoms with E-state index in [1.165, 1.54) is 5.69 Å². The van der Waals surface area contributed by atoms with E-state index in [1.54, 1.807) is 6.26 Å². The van der Waals surface area contributed by atoms with Gasteiger partial charge in [0.2, 0.25) is 0 Å². The second-order valence-corrected chi connectivity index (χ2v) is 6.75. The Morgan fingerprint density at radius 3 is 2.57 bits per heavy atom. The molecule has 2 aromatic rings. The zero-order chi connectivity index (χ0) is 18.9. The van der Waals surface area contributed by atoms with Crippen molar-refractivity contribution >= 4 is 35.6 Å². The summed E-state index contributed by atoms with van der Waals surface area (Å²) < 4.78 is 4.92. The molecular weight excluding hydrogens is 467 g/mol. The van der Waals surface area contributed by atoms with Gasteiger partial charge >= 0.3 is 0 Å². The lowest BCUT2D eigenvalue weighted by Gasteiger charge is -2.36. The Morgan fingerprint density at radius 2 is 1.93 bits per heavy atom. The number of hydrogen-bond acceptors (Lipinski definition) is 5. The largest absolute Gasteiger partial charge is 0.373 e. The Hall–Kier alpha value is -1.81. The first-order chi connectivity index (χ1) is 13.3. The molecule has 28 heavy (non-hydrogen) atoms. The molecule has 154 valence electrons. The number of likely N-dealkylation sites (N-methyl/N-ethyl adjacent to an activating group) is 1. The number of hydrogen-bond donors (Lipinski definition) is 1. The molecule has 0 spiro atoms. The monoisotopic (exact) mass is 498 g/mol. The SMILES string of the molecule is CCNC(=NCCN(C)c1ccccc1)N1CCN(Cc2ccon2)CC1.I. The van der Waals surface area contributed by atoms with E-state index in [9.17, 15) is 0 Å². The Labute approximate surface area is 184 Å². The summed E-state index contributed by atoms with van der Waals surface area (Å²) in [6.45, 7) is 9.45. The van der Waals surface area contributed by atoms with Crippen LogP contribution < -0.4 is 10.2 Å². The number of halogens is 1. The molecule has 3 rings (SSSR count). The van der Waals surface area contributed by atoms with Gasteiger partial charge in [0.15, 0.2) is 5.96 Å². The lowest BCUT2D eigenvalue weighted by Crippen LogP contribution is -2.52. The third kappa shape index (κ3) is 6.66. The van der Waals surface area contributed by atoms with E-state index >= 15 is 0 Å². The highest BCUT2D eigenvalue weighted by Crippen LogP contribution is 2.10. The molecule has 0 bridgehead atoms. The van der Waals surface area contributed by atoms with Gasteiger partial charge in [-0.1, -0.05) is 23.4 Å². The van der Waals surface area contributed by atoms with Gasteiger partial charge in [-0.15, -0.1) is 24.0 Å². The zero-order valence-corrected chi connectivity index (χ0v) is 19.1. The van der Waals surface area contributed by atoms with Crippen LogP contribution >= 0.6 is 24.0 Å². The molecule has 1 saturated heterocycles. The summed E-state index contributed by atoms with van der Waals surface area (Å²) in [5, 5.41) is 7.44. The number of benzene rings is 1. The fraction of sp³-hybridized carbons (Fsp3) is 0.500. The maximum atomic E-state index is 4.92. The number of rotatable bonds is 7. The fourth-order valence-electron chi connectivity index (χ4n) is 3.21. The van der Waals surface area contributed by atoms with Crippen LogP contribution in [0.25, 0.3) is 0 Å². The Kier molecular flexibility index (Phi) is 9.56. The molecule has 1 fully saturated rings. The highest BCUT2D eigenvalue weighted by atomic mass is 127. The van der Waals surface area contributed by atoms with Crippen LogP contribution in [-0.4, -0.2) is 73.8 Å². The van der Waals surface area contributed by atoms with Crippen molar-refractivity contribution in [3.05, 3.63) is 48.4 Å². The standard InChI is InChI=1S/C20H30N6O.HI/c1-3-21-20(22-10-11-24(2)19-7-5-4-6-8-19)26-14-12-25(13-15-26)17-18-9-16-27-23-18;/h4-9,16H,3,10-15,17H2,1-2H3,(H,21,22);1H. The Balaban J connectivity index is 0.00000280. The summed E-state index contributed by atoms with van der Waals surface area (Å²) in [4.78, 5) is 11.8. The normalized spacial score (nSPS) is 15.2. The van der Waals surface area contributed by atoms with E-state index in [4.69, 9.17) is 9.52 Å². The minimum atomic E-state index is 0. The first kappa shape index (κ1) is 22.5. The van der Waals surface area contributed by atoms with Crippen molar-refractivity contribution in [1.82, 2.24) is 20.3 Å². The summed E-state index contributed by atoms with van der Waals surface area (Å²) >= 11 is 0. The van der Waals surface area contributed by atoms with E-state index in [1.807, 2.05) is 12.1 Å². The minimum Gasteiger partial charge on any atom is -0.373 e. The van der Waals surface area contributed by atoms with Crippen LogP contribution in [0, 0.1) is 0 Å². The van der Waals surface area contributed by atoms with Crippen molar-refractivity contribution in [3.63, 3.8) is 0 Å². The number of aromatic nitrogens is 1. The summed E-state index contributed by atoms with van der Waals surface area (Å²) in [5.41, 5.74) is 2.21. The molecule has 0 atom stereocenters. The van der Waals surface area contributed by atoms with Crippen LogP contribution in [0.15, 0.2) is 52.2 Å². The van der Waals surface area contributed by atoms with E-state index in [-0.39, 0.29) is 24.0 Å². The average Bonchev–Trinajstić information content (AvgIpc) is 3.21. The van der Waals surface area contributed by atoms with Crippen LogP contribution in [0.5, 0.6) is 0 Å². The highest BCUT2D eigenvalue weighted by molar-refractivity contribution is 14.0. The molecule has 1 aromatic heterocycles.